The summed E-state index contributed by atoms with van der Waals surface area (Å²) in [4.78, 5) is 2.76. The predicted octanol–water partition coefficient (Wildman–Crippen LogP) is 3.52. The van der Waals surface area contributed by atoms with Gasteiger partial charge in [0.2, 0.25) is 0 Å². The first-order valence-electron chi connectivity index (χ1n) is 8.01. The highest BCUT2D eigenvalue weighted by Crippen LogP contribution is 2.28. The Morgan fingerprint density at radius 3 is 2.39 bits per heavy atom. The third kappa shape index (κ3) is 3.71. The summed E-state index contributed by atoms with van der Waals surface area (Å²) in [5.74, 6) is 1.53. The molecule has 0 spiro atoms. The van der Waals surface area contributed by atoms with Crippen molar-refractivity contribution in [3.8, 4) is 0 Å². The third-order valence-electron chi connectivity index (χ3n) is 4.89. The number of rotatable bonds is 6. The van der Waals surface area contributed by atoms with Crippen molar-refractivity contribution >= 4 is 0 Å². The fourth-order valence-corrected chi connectivity index (χ4v) is 3.57. The molecule has 2 heteroatoms. The van der Waals surface area contributed by atoms with Crippen LogP contribution in [0, 0.1) is 11.8 Å². The Kier molecular flexibility index (Phi) is 6.65. The predicted molar refractivity (Wildman–Crippen MR) is 80.9 cm³/mol. The monoisotopic (exact) mass is 254 g/mol. The van der Waals surface area contributed by atoms with Crippen LogP contribution in [-0.4, -0.2) is 36.1 Å². The first-order valence-corrected chi connectivity index (χ1v) is 8.01. The van der Waals surface area contributed by atoms with Gasteiger partial charge in [0.25, 0.3) is 0 Å². The SMILES string of the molecule is CCCNC1CCN(C(CC)C(C)C)C(C)C1C. The third-order valence-corrected chi connectivity index (χ3v) is 4.89. The second-order valence-electron chi connectivity index (χ2n) is 6.41. The van der Waals surface area contributed by atoms with Gasteiger partial charge >= 0.3 is 0 Å². The number of nitrogens with zero attached hydrogens (tertiary/aromatic N) is 1. The Morgan fingerprint density at radius 2 is 1.89 bits per heavy atom. The molecule has 2 nitrogen and oxygen atoms in total. The van der Waals surface area contributed by atoms with E-state index < -0.39 is 0 Å². The maximum Gasteiger partial charge on any atom is 0.0120 e. The van der Waals surface area contributed by atoms with Crippen LogP contribution < -0.4 is 5.32 Å². The van der Waals surface area contributed by atoms with Crippen molar-refractivity contribution in [2.45, 2.75) is 78.9 Å². The van der Waals surface area contributed by atoms with Crippen molar-refractivity contribution in [3.63, 3.8) is 0 Å². The summed E-state index contributed by atoms with van der Waals surface area (Å²) in [5, 5.41) is 3.73. The van der Waals surface area contributed by atoms with E-state index in [1.807, 2.05) is 0 Å². The molecular weight excluding hydrogens is 220 g/mol. The van der Waals surface area contributed by atoms with Crippen molar-refractivity contribution in [1.82, 2.24) is 10.2 Å². The van der Waals surface area contributed by atoms with E-state index in [0.717, 1.165) is 23.9 Å². The van der Waals surface area contributed by atoms with Crippen molar-refractivity contribution in [2.24, 2.45) is 11.8 Å². The average molecular weight is 254 g/mol. The second-order valence-corrected chi connectivity index (χ2v) is 6.41. The smallest absolute Gasteiger partial charge is 0.0120 e. The van der Waals surface area contributed by atoms with Gasteiger partial charge in [-0.05, 0) is 44.6 Å². The Bertz CT molecular complexity index is 227. The molecule has 1 aliphatic heterocycles. The molecule has 4 unspecified atom stereocenters. The van der Waals surface area contributed by atoms with Crippen molar-refractivity contribution in [3.05, 3.63) is 0 Å². The molecule has 1 aliphatic rings. The Balaban J connectivity index is 2.61. The van der Waals surface area contributed by atoms with Gasteiger partial charge in [0.05, 0.1) is 0 Å². The number of nitrogens with one attached hydrogen (secondary N) is 1. The van der Waals surface area contributed by atoms with E-state index in [1.54, 1.807) is 0 Å². The van der Waals surface area contributed by atoms with Crippen LogP contribution in [0.3, 0.4) is 0 Å². The molecule has 0 aromatic carbocycles. The minimum atomic E-state index is 0.709. The molecule has 108 valence electrons. The highest BCUT2D eigenvalue weighted by Gasteiger charge is 2.35. The maximum atomic E-state index is 3.73. The van der Waals surface area contributed by atoms with Crippen LogP contribution in [0.1, 0.15) is 60.8 Å². The summed E-state index contributed by atoms with van der Waals surface area (Å²) < 4.78 is 0. The summed E-state index contributed by atoms with van der Waals surface area (Å²) in [7, 11) is 0. The normalized spacial score (nSPS) is 31.8. The van der Waals surface area contributed by atoms with Gasteiger partial charge in [-0.15, -0.1) is 0 Å². The molecule has 0 saturated carbocycles. The molecule has 4 atom stereocenters. The van der Waals surface area contributed by atoms with Crippen LogP contribution in [0.25, 0.3) is 0 Å². The van der Waals surface area contributed by atoms with Gasteiger partial charge < -0.3 is 5.32 Å². The van der Waals surface area contributed by atoms with E-state index in [-0.39, 0.29) is 0 Å². The van der Waals surface area contributed by atoms with E-state index in [0.29, 0.717) is 6.04 Å². The minimum Gasteiger partial charge on any atom is -0.314 e. The summed E-state index contributed by atoms with van der Waals surface area (Å²) in [6.45, 7) is 16.6. The van der Waals surface area contributed by atoms with Gasteiger partial charge in [-0.3, -0.25) is 4.90 Å². The highest BCUT2D eigenvalue weighted by atomic mass is 15.2. The largest absolute Gasteiger partial charge is 0.314 e. The molecule has 1 heterocycles. The zero-order valence-corrected chi connectivity index (χ0v) is 13.4. The Labute approximate surface area is 115 Å². The van der Waals surface area contributed by atoms with Gasteiger partial charge in [-0.1, -0.05) is 34.6 Å². The number of piperidine rings is 1. The quantitative estimate of drug-likeness (QED) is 0.780. The molecule has 1 fully saturated rings. The lowest BCUT2D eigenvalue weighted by molar-refractivity contribution is 0.0273. The zero-order valence-electron chi connectivity index (χ0n) is 13.4. The van der Waals surface area contributed by atoms with Crippen molar-refractivity contribution < 1.29 is 0 Å². The molecule has 0 bridgehead atoms. The van der Waals surface area contributed by atoms with Crippen LogP contribution in [0.2, 0.25) is 0 Å². The van der Waals surface area contributed by atoms with Crippen molar-refractivity contribution in [1.29, 1.82) is 0 Å². The van der Waals surface area contributed by atoms with Crippen molar-refractivity contribution in [2.75, 3.05) is 13.1 Å². The molecule has 1 rings (SSSR count). The number of hydrogen-bond donors (Lipinski definition) is 1. The molecule has 18 heavy (non-hydrogen) atoms. The van der Waals surface area contributed by atoms with Gasteiger partial charge in [-0.2, -0.15) is 0 Å². The summed E-state index contributed by atoms with van der Waals surface area (Å²) in [5.41, 5.74) is 0. The molecule has 0 aromatic heterocycles. The average Bonchev–Trinajstić information content (AvgIpc) is 2.34. The Hall–Kier alpha value is -0.0800. The Morgan fingerprint density at radius 1 is 1.22 bits per heavy atom. The molecular formula is C16H34N2. The van der Waals surface area contributed by atoms with E-state index in [1.165, 1.54) is 32.4 Å². The van der Waals surface area contributed by atoms with Gasteiger partial charge in [0.15, 0.2) is 0 Å². The van der Waals surface area contributed by atoms with Gasteiger partial charge in [0, 0.05) is 24.7 Å². The molecule has 0 aliphatic carbocycles. The van der Waals surface area contributed by atoms with Crippen LogP contribution >= 0.6 is 0 Å². The molecule has 0 amide bonds. The van der Waals surface area contributed by atoms with E-state index in [4.69, 9.17) is 0 Å². The standard InChI is InChI=1S/C16H34N2/c1-7-10-17-15-9-11-18(14(6)13(15)5)16(8-2)12(3)4/h12-17H,7-11H2,1-6H3. The number of likely N-dealkylation sites (tertiary alicyclic amines) is 1. The van der Waals surface area contributed by atoms with Crippen LogP contribution in [0.4, 0.5) is 0 Å². The number of hydrogen-bond acceptors (Lipinski definition) is 2. The molecule has 0 radical (unpaired) electrons. The minimum absolute atomic E-state index is 0.709. The fraction of sp³-hybridized carbons (Fsp3) is 1.00. The van der Waals surface area contributed by atoms with Crippen LogP contribution in [-0.2, 0) is 0 Å². The second kappa shape index (κ2) is 7.49. The van der Waals surface area contributed by atoms with Crippen LogP contribution in [0.5, 0.6) is 0 Å². The lowest BCUT2D eigenvalue weighted by Crippen LogP contribution is -2.57. The molecule has 1 saturated heterocycles. The first-order chi connectivity index (χ1) is 8.52. The summed E-state index contributed by atoms with van der Waals surface area (Å²) in [6.07, 6.45) is 3.83. The highest BCUT2D eigenvalue weighted by molar-refractivity contribution is 4.91. The molecule has 0 aromatic rings. The lowest BCUT2D eigenvalue weighted by atomic mass is 9.84. The summed E-state index contributed by atoms with van der Waals surface area (Å²) in [6, 6.07) is 2.19. The lowest BCUT2D eigenvalue weighted by Gasteiger charge is -2.47. The maximum absolute atomic E-state index is 3.73. The zero-order chi connectivity index (χ0) is 13.7. The first kappa shape index (κ1) is 16.0. The van der Waals surface area contributed by atoms with E-state index >= 15 is 0 Å². The topological polar surface area (TPSA) is 15.3 Å². The van der Waals surface area contributed by atoms with E-state index in [2.05, 4.69) is 51.8 Å². The van der Waals surface area contributed by atoms with E-state index in [9.17, 15) is 0 Å². The molecule has 1 N–H and O–H groups in total. The van der Waals surface area contributed by atoms with Crippen LogP contribution in [0.15, 0.2) is 0 Å². The fourth-order valence-electron chi connectivity index (χ4n) is 3.57. The van der Waals surface area contributed by atoms with Gasteiger partial charge in [0.1, 0.15) is 0 Å². The van der Waals surface area contributed by atoms with Gasteiger partial charge in [-0.25, -0.2) is 0 Å². The summed E-state index contributed by atoms with van der Waals surface area (Å²) >= 11 is 0.